The van der Waals surface area contributed by atoms with Gasteiger partial charge in [0, 0.05) is 24.1 Å². The van der Waals surface area contributed by atoms with Gasteiger partial charge in [0.15, 0.2) is 0 Å². The van der Waals surface area contributed by atoms with Crippen LogP contribution in [0.2, 0.25) is 0 Å². The maximum Gasteiger partial charge on any atom is 0.259 e. The van der Waals surface area contributed by atoms with Crippen LogP contribution in [0.25, 0.3) is 5.57 Å². The lowest BCUT2D eigenvalue weighted by molar-refractivity contribution is 0.0607. The molecule has 1 saturated heterocycles. The molecule has 28 heavy (non-hydrogen) atoms. The number of amides is 1. The largest absolute Gasteiger partial charge is 0.363 e. The summed E-state index contributed by atoms with van der Waals surface area (Å²) < 4.78 is 5.25. The third-order valence-electron chi connectivity index (χ3n) is 6.27. The van der Waals surface area contributed by atoms with Gasteiger partial charge in [-0.2, -0.15) is 0 Å². The molecule has 1 aromatic rings. The number of rotatable bonds is 2. The molecule has 0 bridgehead atoms. The van der Waals surface area contributed by atoms with Crippen molar-refractivity contribution in [1.29, 1.82) is 0 Å². The Balaban J connectivity index is 1.87. The number of hydrogen-bond acceptors (Lipinski definition) is 3. The standard InChI is InChI=1S/C24H34N2O2/c1-17-14-24(5,6)12-13-26(15-18(17)2)22(27)20-16-28-25-21(20)19-8-7-10-23(3,4)11-9-19/h7-11,16-18H,12-15H2,1-6H3. The first-order chi connectivity index (χ1) is 13.1. The fourth-order valence-corrected chi connectivity index (χ4v) is 4.16. The van der Waals surface area contributed by atoms with Gasteiger partial charge >= 0.3 is 0 Å². The summed E-state index contributed by atoms with van der Waals surface area (Å²) in [5.74, 6) is 1.08. The molecule has 1 aliphatic heterocycles. The summed E-state index contributed by atoms with van der Waals surface area (Å²) in [5.41, 5.74) is 2.32. The molecule has 0 spiro atoms. The van der Waals surface area contributed by atoms with Crippen LogP contribution >= 0.6 is 0 Å². The Bertz CT molecular complexity index is 810. The molecule has 1 fully saturated rings. The molecule has 1 aliphatic carbocycles. The highest BCUT2D eigenvalue weighted by molar-refractivity contribution is 5.99. The van der Waals surface area contributed by atoms with Crippen molar-refractivity contribution in [3.8, 4) is 0 Å². The lowest BCUT2D eigenvalue weighted by Gasteiger charge is -2.38. The van der Waals surface area contributed by atoms with Crippen LogP contribution < -0.4 is 0 Å². The molecule has 0 radical (unpaired) electrons. The van der Waals surface area contributed by atoms with Crippen LogP contribution in [0.3, 0.4) is 0 Å². The number of likely N-dealkylation sites (tertiary alicyclic amines) is 1. The van der Waals surface area contributed by atoms with Gasteiger partial charge in [-0.3, -0.25) is 4.79 Å². The summed E-state index contributed by atoms with van der Waals surface area (Å²) in [7, 11) is 0. The summed E-state index contributed by atoms with van der Waals surface area (Å²) in [4.78, 5) is 15.4. The Morgan fingerprint density at radius 1 is 1.18 bits per heavy atom. The van der Waals surface area contributed by atoms with E-state index in [0.717, 1.165) is 25.1 Å². The van der Waals surface area contributed by atoms with E-state index in [4.69, 9.17) is 4.52 Å². The Morgan fingerprint density at radius 2 is 1.93 bits per heavy atom. The third-order valence-corrected chi connectivity index (χ3v) is 6.27. The van der Waals surface area contributed by atoms with Gasteiger partial charge in [-0.05, 0) is 30.1 Å². The summed E-state index contributed by atoms with van der Waals surface area (Å²) in [5, 5.41) is 4.17. The zero-order valence-electron chi connectivity index (χ0n) is 18.2. The van der Waals surface area contributed by atoms with Gasteiger partial charge in [0.05, 0.1) is 0 Å². The Morgan fingerprint density at radius 3 is 2.68 bits per heavy atom. The quantitative estimate of drug-likeness (QED) is 0.655. The zero-order chi connectivity index (χ0) is 20.5. The average Bonchev–Trinajstić information content (AvgIpc) is 3.01. The fourth-order valence-electron chi connectivity index (χ4n) is 4.16. The highest BCUT2D eigenvalue weighted by Crippen LogP contribution is 2.36. The highest BCUT2D eigenvalue weighted by atomic mass is 16.5. The van der Waals surface area contributed by atoms with Gasteiger partial charge in [0.25, 0.3) is 5.91 Å². The third kappa shape index (κ3) is 4.65. The molecule has 0 N–H and O–H groups in total. The molecule has 2 atom stereocenters. The van der Waals surface area contributed by atoms with Crippen molar-refractivity contribution in [2.24, 2.45) is 22.7 Å². The molecule has 4 nitrogen and oxygen atoms in total. The highest BCUT2D eigenvalue weighted by Gasteiger charge is 2.32. The smallest absolute Gasteiger partial charge is 0.259 e. The minimum atomic E-state index is -0.0215. The summed E-state index contributed by atoms with van der Waals surface area (Å²) >= 11 is 0. The van der Waals surface area contributed by atoms with Crippen LogP contribution in [0.15, 0.2) is 41.2 Å². The summed E-state index contributed by atoms with van der Waals surface area (Å²) in [6.07, 6.45) is 14.1. The Hall–Kier alpha value is -2.10. The topological polar surface area (TPSA) is 46.3 Å². The average molecular weight is 383 g/mol. The summed E-state index contributed by atoms with van der Waals surface area (Å²) in [6, 6.07) is 0. The molecule has 2 unspecified atom stereocenters. The second-order valence-electron chi connectivity index (χ2n) is 10.0. The predicted molar refractivity (Wildman–Crippen MR) is 114 cm³/mol. The second-order valence-corrected chi connectivity index (χ2v) is 10.0. The molecular weight excluding hydrogens is 348 g/mol. The maximum atomic E-state index is 13.4. The van der Waals surface area contributed by atoms with Crippen LogP contribution in [-0.2, 0) is 0 Å². The van der Waals surface area contributed by atoms with Gasteiger partial charge in [-0.25, -0.2) is 0 Å². The molecular formula is C24H34N2O2. The number of allylic oxidation sites excluding steroid dienone is 6. The van der Waals surface area contributed by atoms with E-state index in [0.29, 0.717) is 23.1 Å². The van der Waals surface area contributed by atoms with Crippen LogP contribution in [0, 0.1) is 22.7 Å². The van der Waals surface area contributed by atoms with Crippen molar-refractivity contribution in [1.82, 2.24) is 10.1 Å². The Kier molecular flexibility index (Phi) is 5.69. The van der Waals surface area contributed by atoms with Gasteiger partial charge in [0.2, 0.25) is 0 Å². The van der Waals surface area contributed by atoms with E-state index < -0.39 is 0 Å². The van der Waals surface area contributed by atoms with E-state index in [1.54, 1.807) is 0 Å². The number of carbonyl (C=O) groups excluding carboxylic acids is 1. The number of nitrogens with zero attached hydrogens (tertiary/aromatic N) is 2. The van der Waals surface area contributed by atoms with E-state index in [1.165, 1.54) is 12.7 Å². The molecule has 3 rings (SSSR count). The second kappa shape index (κ2) is 7.73. The van der Waals surface area contributed by atoms with Crippen molar-refractivity contribution >= 4 is 11.5 Å². The van der Waals surface area contributed by atoms with Crippen LogP contribution in [0.4, 0.5) is 0 Å². The van der Waals surface area contributed by atoms with Crippen LogP contribution in [-0.4, -0.2) is 29.1 Å². The lowest BCUT2D eigenvalue weighted by atomic mass is 9.75. The first-order valence-corrected chi connectivity index (χ1v) is 10.4. The van der Waals surface area contributed by atoms with Crippen molar-refractivity contribution in [2.75, 3.05) is 13.1 Å². The molecule has 0 aromatic carbocycles. The SMILES string of the molecule is CC1CN(C(=O)c2conc2C2=CC=CC(C)(C)C=C2)CCC(C)(C)CC1C. The summed E-state index contributed by atoms with van der Waals surface area (Å²) in [6.45, 7) is 15.0. The van der Waals surface area contributed by atoms with Gasteiger partial charge in [-0.15, -0.1) is 0 Å². The number of hydrogen-bond donors (Lipinski definition) is 0. The first kappa shape index (κ1) is 20.6. The minimum Gasteiger partial charge on any atom is -0.363 e. The molecule has 4 heteroatoms. The van der Waals surface area contributed by atoms with E-state index in [2.05, 4.69) is 58.9 Å². The fraction of sp³-hybridized carbons (Fsp3) is 0.583. The monoisotopic (exact) mass is 382 g/mol. The first-order valence-electron chi connectivity index (χ1n) is 10.4. The lowest BCUT2D eigenvalue weighted by Crippen LogP contribution is -2.41. The van der Waals surface area contributed by atoms with E-state index in [9.17, 15) is 4.79 Å². The van der Waals surface area contributed by atoms with E-state index >= 15 is 0 Å². The zero-order valence-corrected chi connectivity index (χ0v) is 18.2. The molecule has 152 valence electrons. The predicted octanol–water partition coefficient (Wildman–Crippen LogP) is 5.74. The van der Waals surface area contributed by atoms with E-state index in [1.807, 2.05) is 23.1 Å². The van der Waals surface area contributed by atoms with Gasteiger partial charge < -0.3 is 9.42 Å². The minimum absolute atomic E-state index is 0.0215. The van der Waals surface area contributed by atoms with Crippen LogP contribution in [0.5, 0.6) is 0 Å². The molecule has 2 aliphatic rings. The van der Waals surface area contributed by atoms with Crippen molar-refractivity contribution in [3.63, 3.8) is 0 Å². The molecule has 1 aromatic heterocycles. The van der Waals surface area contributed by atoms with Gasteiger partial charge in [0.1, 0.15) is 17.5 Å². The Labute approximate surface area is 169 Å². The molecule has 2 heterocycles. The van der Waals surface area contributed by atoms with Crippen LogP contribution in [0.1, 0.15) is 70.4 Å². The molecule has 1 amide bonds. The van der Waals surface area contributed by atoms with Crippen molar-refractivity contribution in [2.45, 2.75) is 54.4 Å². The van der Waals surface area contributed by atoms with E-state index in [-0.39, 0.29) is 16.7 Å². The number of aromatic nitrogens is 1. The maximum absolute atomic E-state index is 13.4. The molecule has 0 saturated carbocycles. The number of carbonyl (C=O) groups is 1. The normalized spacial score (nSPS) is 26.9. The van der Waals surface area contributed by atoms with Crippen molar-refractivity contribution in [3.05, 3.63) is 47.9 Å². The van der Waals surface area contributed by atoms with Crippen molar-refractivity contribution < 1.29 is 9.32 Å². The van der Waals surface area contributed by atoms with Gasteiger partial charge in [-0.1, -0.05) is 77.1 Å².